The summed E-state index contributed by atoms with van der Waals surface area (Å²) in [5.41, 5.74) is 3.50. The second-order valence-corrected chi connectivity index (χ2v) is 9.14. The first kappa shape index (κ1) is 20.5. The fourth-order valence-electron chi connectivity index (χ4n) is 3.43. The van der Waals surface area contributed by atoms with Crippen molar-refractivity contribution in [1.29, 1.82) is 0 Å². The molecular weight excluding hydrogens is 473 g/mol. The van der Waals surface area contributed by atoms with Gasteiger partial charge in [0, 0.05) is 21.7 Å². The van der Waals surface area contributed by atoms with Gasteiger partial charge in [-0.2, -0.15) is 0 Å². The van der Waals surface area contributed by atoms with Crippen molar-refractivity contribution in [3.63, 3.8) is 0 Å². The van der Waals surface area contributed by atoms with Gasteiger partial charge < -0.3 is 4.98 Å². The van der Waals surface area contributed by atoms with Crippen LogP contribution in [0.3, 0.4) is 0 Å². The second-order valence-electron chi connectivity index (χ2n) is 6.94. The van der Waals surface area contributed by atoms with Crippen molar-refractivity contribution in [3.8, 4) is 5.69 Å². The molecular formula is C23H14Cl3N3OS. The number of nitrogens with zero attached hydrogens (tertiary/aromatic N) is 2. The smallest absolute Gasteiger partial charge is 0.283 e. The predicted octanol–water partition coefficient (Wildman–Crippen LogP) is 7.12. The van der Waals surface area contributed by atoms with Gasteiger partial charge in [-0.05, 0) is 48.0 Å². The summed E-state index contributed by atoms with van der Waals surface area (Å²) < 4.78 is 1.61. The lowest BCUT2D eigenvalue weighted by Crippen LogP contribution is -2.21. The van der Waals surface area contributed by atoms with Gasteiger partial charge in [0.2, 0.25) is 0 Å². The zero-order valence-electron chi connectivity index (χ0n) is 15.9. The molecule has 154 valence electrons. The van der Waals surface area contributed by atoms with Crippen LogP contribution < -0.4 is 5.56 Å². The molecule has 0 aliphatic rings. The highest BCUT2D eigenvalue weighted by molar-refractivity contribution is 7.98. The maximum Gasteiger partial charge on any atom is 0.283 e. The normalized spacial score (nSPS) is 11.5. The largest absolute Gasteiger partial charge is 0.349 e. The minimum absolute atomic E-state index is 0.167. The summed E-state index contributed by atoms with van der Waals surface area (Å²) >= 11 is 19.7. The number of benzene rings is 3. The molecule has 0 fully saturated rings. The first-order valence-corrected chi connectivity index (χ1v) is 11.5. The van der Waals surface area contributed by atoms with Crippen LogP contribution in [0.25, 0.3) is 27.6 Å². The maximum absolute atomic E-state index is 13.5. The Morgan fingerprint density at radius 1 is 0.935 bits per heavy atom. The van der Waals surface area contributed by atoms with Crippen molar-refractivity contribution >= 4 is 68.5 Å². The van der Waals surface area contributed by atoms with E-state index in [1.54, 1.807) is 22.8 Å². The SMILES string of the molecule is O=c1c2[nH]c3ccccc3c2nc(SCc2ccc(Cl)c(Cl)c2)n1-c1ccc(Cl)cc1. The van der Waals surface area contributed by atoms with Gasteiger partial charge in [-0.1, -0.05) is 70.8 Å². The maximum atomic E-state index is 13.5. The molecule has 0 spiro atoms. The predicted molar refractivity (Wildman–Crippen MR) is 130 cm³/mol. The quantitative estimate of drug-likeness (QED) is 0.217. The van der Waals surface area contributed by atoms with Crippen LogP contribution in [0.2, 0.25) is 15.1 Å². The number of aromatic nitrogens is 3. The minimum atomic E-state index is -0.167. The molecule has 2 heterocycles. The van der Waals surface area contributed by atoms with E-state index < -0.39 is 0 Å². The molecule has 3 aromatic carbocycles. The summed E-state index contributed by atoms with van der Waals surface area (Å²) in [6, 6.07) is 20.4. The van der Waals surface area contributed by atoms with Gasteiger partial charge in [-0.15, -0.1) is 0 Å². The Morgan fingerprint density at radius 2 is 1.71 bits per heavy atom. The number of hydrogen-bond acceptors (Lipinski definition) is 3. The molecule has 8 heteroatoms. The van der Waals surface area contributed by atoms with E-state index >= 15 is 0 Å². The molecule has 31 heavy (non-hydrogen) atoms. The average Bonchev–Trinajstić information content (AvgIpc) is 3.15. The van der Waals surface area contributed by atoms with Gasteiger partial charge in [0.1, 0.15) is 11.0 Å². The number of thioether (sulfide) groups is 1. The van der Waals surface area contributed by atoms with Crippen LogP contribution in [0, 0.1) is 0 Å². The Labute approximate surface area is 196 Å². The molecule has 0 unspecified atom stereocenters. The van der Waals surface area contributed by atoms with Crippen molar-refractivity contribution in [1.82, 2.24) is 14.5 Å². The first-order chi connectivity index (χ1) is 15.0. The van der Waals surface area contributed by atoms with Crippen molar-refractivity contribution in [2.75, 3.05) is 0 Å². The highest BCUT2D eigenvalue weighted by Gasteiger charge is 2.17. The lowest BCUT2D eigenvalue weighted by Gasteiger charge is -2.12. The number of aromatic amines is 1. The number of para-hydroxylation sites is 1. The van der Waals surface area contributed by atoms with E-state index in [1.807, 2.05) is 48.5 Å². The topological polar surface area (TPSA) is 50.7 Å². The molecule has 5 rings (SSSR count). The Balaban J connectivity index is 1.68. The molecule has 0 bridgehead atoms. The van der Waals surface area contributed by atoms with Crippen LogP contribution >= 0.6 is 46.6 Å². The third-order valence-corrected chi connectivity index (χ3v) is 6.93. The Hall–Kier alpha value is -2.44. The van der Waals surface area contributed by atoms with E-state index in [9.17, 15) is 4.79 Å². The van der Waals surface area contributed by atoms with Gasteiger partial charge in [-0.25, -0.2) is 4.98 Å². The Morgan fingerprint density at radius 3 is 2.48 bits per heavy atom. The van der Waals surface area contributed by atoms with E-state index in [4.69, 9.17) is 39.8 Å². The van der Waals surface area contributed by atoms with Crippen molar-refractivity contribution < 1.29 is 0 Å². The third kappa shape index (κ3) is 3.83. The van der Waals surface area contributed by atoms with Crippen LogP contribution in [-0.4, -0.2) is 14.5 Å². The number of rotatable bonds is 4. The van der Waals surface area contributed by atoms with Crippen LogP contribution in [0.15, 0.2) is 76.7 Å². The van der Waals surface area contributed by atoms with Gasteiger partial charge in [0.25, 0.3) is 5.56 Å². The van der Waals surface area contributed by atoms with E-state index in [2.05, 4.69) is 4.98 Å². The van der Waals surface area contributed by atoms with E-state index in [-0.39, 0.29) is 5.56 Å². The number of halogens is 3. The van der Waals surface area contributed by atoms with Crippen LogP contribution in [0.5, 0.6) is 0 Å². The molecule has 2 aromatic heterocycles. The summed E-state index contributed by atoms with van der Waals surface area (Å²) in [6.45, 7) is 0. The van der Waals surface area contributed by atoms with Crippen molar-refractivity contribution in [2.24, 2.45) is 0 Å². The Kier molecular flexibility index (Phi) is 5.44. The summed E-state index contributed by atoms with van der Waals surface area (Å²) in [5, 5.41) is 3.09. The van der Waals surface area contributed by atoms with Crippen molar-refractivity contribution in [2.45, 2.75) is 10.9 Å². The lowest BCUT2D eigenvalue weighted by molar-refractivity contribution is 0.819. The standard InChI is InChI=1S/C23H14Cl3N3OS/c24-14-6-8-15(9-7-14)29-22(30)21-20(16-3-1-2-4-19(16)27-21)28-23(29)31-12-13-5-10-17(25)18(26)11-13/h1-11,27H,12H2. The average molecular weight is 487 g/mol. The van der Waals surface area contributed by atoms with E-state index in [1.165, 1.54) is 11.8 Å². The van der Waals surface area contributed by atoms with Gasteiger partial charge in [-0.3, -0.25) is 9.36 Å². The van der Waals surface area contributed by atoms with Gasteiger partial charge in [0.15, 0.2) is 5.16 Å². The Bertz CT molecular complexity index is 1490. The molecule has 0 amide bonds. The second kappa shape index (κ2) is 8.24. The molecule has 0 saturated heterocycles. The van der Waals surface area contributed by atoms with E-state index in [0.29, 0.717) is 42.7 Å². The number of fused-ring (bicyclic) bond motifs is 3. The molecule has 0 aliphatic heterocycles. The highest BCUT2D eigenvalue weighted by Crippen LogP contribution is 2.30. The fourth-order valence-corrected chi connectivity index (χ4v) is 4.83. The molecule has 0 saturated carbocycles. The monoisotopic (exact) mass is 485 g/mol. The summed E-state index contributed by atoms with van der Waals surface area (Å²) in [4.78, 5) is 21.6. The molecule has 1 N–H and O–H groups in total. The number of nitrogens with one attached hydrogen (secondary N) is 1. The minimum Gasteiger partial charge on any atom is -0.349 e. The van der Waals surface area contributed by atoms with Gasteiger partial charge >= 0.3 is 0 Å². The van der Waals surface area contributed by atoms with Crippen LogP contribution in [0.1, 0.15) is 5.56 Å². The fraction of sp³-hybridized carbons (Fsp3) is 0.0435. The summed E-state index contributed by atoms with van der Waals surface area (Å²) in [5.74, 6) is 0.574. The molecule has 0 aliphatic carbocycles. The lowest BCUT2D eigenvalue weighted by atomic mass is 10.2. The number of hydrogen-bond donors (Lipinski definition) is 1. The summed E-state index contributed by atoms with van der Waals surface area (Å²) in [7, 11) is 0. The number of H-pyrrole nitrogens is 1. The van der Waals surface area contributed by atoms with Crippen LogP contribution in [0.4, 0.5) is 0 Å². The summed E-state index contributed by atoms with van der Waals surface area (Å²) in [6.07, 6.45) is 0. The molecule has 0 atom stereocenters. The zero-order chi connectivity index (χ0) is 21.5. The third-order valence-electron chi connectivity index (χ3n) is 4.93. The van der Waals surface area contributed by atoms with Crippen LogP contribution in [-0.2, 0) is 5.75 Å². The first-order valence-electron chi connectivity index (χ1n) is 9.37. The molecule has 0 radical (unpaired) electrons. The van der Waals surface area contributed by atoms with Gasteiger partial charge in [0.05, 0.1) is 15.7 Å². The van der Waals surface area contributed by atoms with Crippen molar-refractivity contribution in [3.05, 3.63) is 97.7 Å². The van der Waals surface area contributed by atoms with E-state index in [0.717, 1.165) is 16.5 Å². The molecule has 5 aromatic rings. The highest BCUT2D eigenvalue weighted by atomic mass is 35.5. The molecule has 4 nitrogen and oxygen atoms in total. The zero-order valence-corrected chi connectivity index (χ0v) is 19.0.